The number of hydrogen-bond donors (Lipinski definition) is 2. The lowest BCUT2D eigenvalue weighted by Crippen LogP contribution is -2.46. The number of methoxy groups -OCH3 is 2. The van der Waals surface area contributed by atoms with E-state index < -0.39 is 0 Å². The molecule has 31 heavy (non-hydrogen) atoms. The van der Waals surface area contributed by atoms with Gasteiger partial charge in [-0.1, -0.05) is 6.07 Å². The third-order valence-electron chi connectivity index (χ3n) is 5.91. The van der Waals surface area contributed by atoms with E-state index in [1.807, 2.05) is 43.1 Å². The second-order valence-electron chi connectivity index (χ2n) is 8.30. The Balaban J connectivity index is 1.57. The lowest BCUT2D eigenvalue weighted by Gasteiger charge is -2.32. The number of benzene rings is 1. The Labute approximate surface area is 182 Å². The molecule has 1 aromatic carbocycles. The van der Waals surface area contributed by atoms with Gasteiger partial charge >= 0.3 is 6.03 Å². The fraction of sp³-hybridized carbons (Fsp3) is 0.417. The average Bonchev–Trinajstić information content (AvgIpc) is 3.21. The van der Waals surface area contributed by atoms with E-state index in [1.165, 1.54) is 5.56 Å². The highest BCUT2D eigenvalue weighted by atomic mass is 16.5. The third-order valence-corrected chi connectivity index (χ3v) is 5.91. The molecule has 0 saturated carbocycles. The summed E-state index contributed by atoms with van der Waals surface area (Å²) in [5.41, 5.74) is 4.22. The molecule has 0 atom stereocenters. The Kier molecular flexibility index (Phi) is 6.02. The van der Waals surface area contributed by atoms with Crippen LogP contribution in [-0.2, 0) is 0 Å². The number of nitrogens with one attached hydrogen (secondary N) is 2. The molecule has 2 aromatic heterocycles. The standard InChI is InChI=1S/C24H30N4O3/c1-15(2)27-24(29)28-9-7-16(8-10-28)20-14-26-23-19(20)11-18(13-25-23)17-5-6-21(30-3)22(12-17)31-4/h5-6,11-16H,7-10H2,1-4H3,(H,25,26)(H,27,29). The van der Waals surface area contributed by atoms with Crippen LogP contribution in [0, 0.1) is 0 Å². The van der Waals surface area contributed by atoms with Crippen molar-refractivity contribution < 1.29 is 14.3 Å². The van der Waals surface area contributed by atoms with Gasteiger partial charge in [-0.2, -0.15) is 0 Å². The number of likely N-dealkylation sites (tertiary alicyclic amines) is 1. The van der Waals surface area contributed by atoms with E-state index >= 15 is 0 Å². The molecule has 1 saturated heterocycles. The zero-order chi connectivity index (χ0) is 22.0. The molecule has 0 spiro atoms. The van der Waals surface area contributed by atoms with Gasteiger partial charge in [0.05, 0.1) is 14.2 Å². The maximum atomic E-state index is 12.3. The molecule has 0 bridgehead atoms. The number of rotatable bonds is 5. The van der Waals surface area contributed by atoms with E-state index in [2.05, 4.69) is 27.5 Å². The Bertz CT molecular complexity index is 1070. The molecular weight excluding hydrogens is 392 g/mol. The molecule has 3 heterocycles. The number of urea groups is 1. The van der Waals surface area contributed by atoms with Crippen LogP contribution in [0.3, 0.4) is 0 Å². The van der Waals surface area contributed by atoms with Crippen molar-refractivity contribution in [1.29, 1.82) is 0 Å². The van der Waals surface area contributed by atoms with Crippen LogP contribution in [0.1, 0.15) is 38.2 Å². The predicted octanol–water partition coefficient (Wildman–Crippen LogP) is 4.54. The van der Waals surface area contributed by atoms with Crippen molar-refractivity contribution in [3.8, 4) is 22.6 Å². The molecule has 0 aliphatic carbocycles. The summed E-state index contributed by atoms with van der Waals surface area (Å²) in [4.78, 5) is 22.2. The molecule has 2 amide bonds. The molecule has 3 aromatic rings. The van der Waals surface area contributed by atoms with Gasteiger partial charge in [0, 0.05) is 42.5 Å². The van der Waals surface area contributed by atoms with E-state index in [0.717, 1.165) is 48.1 Å². The highest BCUT2D eigenvalue weighted by Gasteiger charge is 2.26. The van der Waals surface area contributed by atoms with Gasteiger partial charge in [-0.05, 0) is 61.9 Å². The van der Waals surface area contributed by atoms with E-state index in [9.17, 15) is 4.79 Å². The number of carbonyl (C=O) groups is 1. The number of hydrogen-bond acceptors (Lipinski definition) is 4. The first-order valence-electron chi connectivity index (χ1n) is 10.7. The number of aromatic amines is 1. The SMILES string of the molecule is COc1ccc(-c2cnc3[nH]cc(C4CCN(C(=O)NC(C)C)CC4)c3c2)cc1OC. The fourth-order valence-corrected chi connectivity index (χ4v) is 4.27. The molecule has 2 N–H and O–H groups in total. The summed E-state index contributed by atoms with van der Waals surface area (Å²) >= 11 is 0. The number of fused-ring (bicyclic) bond motifs is 1. The number of aromatic nitrogens is 2. The van der Waals surface area contributed by atoms with Crippen molar-refractivity contribution in [2.45, 2.75) is 38.6 Å². The summed E-state index contributed by atoms with van der Waals surface area (Å²) in [5, 5.41) is 4.12. The Morgan fingerprint density at radius 2 is 1.87 bits per heavy atom. The number of carbonyl (C=O) groups excluding carboxylic acids is 1. The smallest absolute Gasteiger partial charge is 0.317 e. The summed E-state index contributed by atoms with van der Waals surface area (Å²) < 4.78 is 10.8. The van der Waals surface area contributed by atoms with Crippen LogP contribution >= 0.6 is 0 Å². The van der Waals surface area contributed by atoms with Gasteiger partial charge in [-0.3, -0.25) is 0 Å². The molecule has 1 fully saturated rings. The summed E-state index contributed by atoms with van der Waals surface area (Å²) in [6.07, 6.45) is 5.84. The average molecular weight is 423 g/mol. The van der Waals surface area contributed by atoms with Gasteiger partial charge in [0.1, 0.15) is 5.65 Å². The number of pyridine rings is 1. The molecule has 7 heteroatoms. The highest BCUT2D eigenvalue weighted by Crippen LogP contribution is 2.36. The number of nitrogens with zero attached hydrogens (tertiary/aromatic N) is 2. The van der Waals surface area contributed by atoms with Crippen molar-refractivity contribution in [3.05, 3.63) is 42.2 Å². The van der Waals surface area contributed by atoms with Crippen LogP contribution in [0.15, 0.2) is 36.7 Å². The van der Waals surface area contributed by atoms with Crippen molar-refractivity contribution in [3.63, 3.8) is 0 Å². The van der Waals surface area contributed by atoms with Gasteiger partial charge in [0.15, 0.2) is 11.5 Å². The van der Waals surface area contributed by atoms with Gasteiger partial charge in [-0.25, -0.2) is 9.78 Å². The van der Waals surface area contributed by atoms with Crippen molar-refractivity contribution >= 4 is 17.1 Å². The van der Waals surface area contributed by atoms with Crippen molar-refractivity contribution in [2.24, 2.45) is 0 Å². The van der Waals surface area contributed by atoms with E-state index in [1.54, 1.807) is 14.2 Å². The van der Waals surface area contributed by atoms with E-state index in [4.69, 9.17) is 9.47 Å². The normalized spacial score (nSPS) is 14.8. The summed E-state index contributed by atoms with van der Waals surface area (Å²) in [5.74, 6) is 1.80. The quantitative estimate of drug-likeness (QED) is 0.632. The summed E-state index contributed by atoms with van der Waals surface area (Å²) in [6.45, 7) is 5.50. The molecule has 0 unspecified atom stereocenters. The lowest BCUT2D eigenvalue weighted by molar-refractivity contribution is 0.179. The molecule has 164 valence electrons. The Morgan fingerprint density at radius 3 is 2.55 bits per heavy atom. The minimum atomic E-state index is 0.0322. The number of amides is 2. The fourth-order valence-electron chi connectivity index (χ4n) is 4.27. The van der Waals surface area contributed by atoms with Crippen LogP contribution < -0.4 is 14.8 Å². The summed E-state index contributed by atoms with van der Waals surface area (Å²) in [6, 6.07) is 8.27. The van der Waals surface area contributed by atoms with E-state index in [0.29, 0.717) is 17.4 Å². The molecule has 1 aliphatic heterocycles. The molecular formula is C24H30N4O3. The molecule has 0 radical (unpaired) electrons. The molecule has 1 aliphatic rings. The van der Waals surface area contributed by atoms with Crippen LogP contribution in [0.4, 0.5) is 4.79 Å². The van der Waals surface area contributed by atoms with Crippen LogP contribution in [0.2, 0.25) is 0 Å². The van der Waals surface area contributed by atoms with Crippen molar-refractivity contribution in [1.82, 2.24) is 20.2 Å². The monoisotopic (exact) mass is 422 g/mol. The predicted molar refractivity (Wildman–Crippen MR) is 122 cm³/mol. The van der Waals surface area contributed by atoms with Crippen molar-refractivity contribution in [2.75, 3.05) is 27.3 Å². The first kappa shape index (κ1) is 21.0. The van der Waals surface area contributed by atoms with Gasteiger partial charge in [-0.15, -0.1) is 0 Å². The molecule has 7 nitrogen and oxygen atoms in total. The Hall–Kier alpha value is -3.22. The number of piperidine rings is 1. The maximum Gasteiger partial charge on any atom is 0.317 e. The number of H-pyrrole nitrogens is 1. The highest BCUT2D eigenvalue weighted by molar-refractivity contribution is 5.85. The largest absolute Gasteiger partial charge is 0.493 e. The van der Waals surface area contributed by atoms with Gasteiger partial charge in [0.2, 0.25) is 0 Å². The van der Waals surface area contributed by atoms with E-state index in [-0.39, 0.29) is 12.1 Å². The van der Waals surface area contributed by atoms with Crippen LogP contribution in [0.25, 0.3) is 22.2 Å². The zero-order valence-corrected chi connectivity index (χ0v) is 18.6. The first-order valence-corrected chi connectivity index (χ1v) is 10.7. The van der Waals surface area contributed by atoms with Crippen LogP contribution in [-0.4, -0.2) is 54.2 Å². The minimum absolute atomic E-state index is 0.0322. The van der Waals surface area contributed by atoms with Gasteiger partial charge in [0.25, 0.3) is 0 Å². The molecule has 4 rings (SSSR count). The summed E-state index contributed by atoms with van der Waals surface area (Å²) in [7, 11) is 3.27. The minimum Gasteiger partial charge on any atom is -0.493 e. The Morgan fingerprint density at radius 1 is 1.13 bits per heavy atom. The lowest BCUT2D eigenvalue weighted by atomic mass is 9.89. The number of ether oxygens (including phenoxy) is 2. The topological polar surface area (TPSA) is 79.5 Å². The second-order valence-corrected chi connectivity index (χ2v) is 8.30. The van der Waals surface area contributed by atoms with Crippen LogP contribution in [0.5, 0.6) is 11.5 Å². The van der Waals surface area contributed by atoms with Gasteiger partial charge < -0.3 is 24.7 Å². The first-order chi connectivity index (χ1) is 15.0. The zero-order valence-electron chi connectivity index (χ0n) is 18.6. The maximum absolute atomic E-state index is 12.3. The third kappa shape index (κ3) is 4.31. The second kappa shape index (κ2) is 8.88.